The minimum Gasteiger partial charge on any atom is -0.398 e. The number of halogens is 9. The molecule has 0 amide bonds. The van der Waals surface area contributed by atoms with Gasteiger partial charge in [-0.15, -0.1) is 0 Å². The SMILES string of the molecule is C=C(SC(=C)c1cccc(-c2cccc(C(F)(F)F)c2)n1)c1cc(C(=N)SC(N)c2cccc(-c3cccc(C(F)(F)F)c3)n2)cc(C(N)SC(=N)C/C=C\C=C(/N)c2cccc(C(F)(F)F)c2)c1.CC1CCC1C. The smallest absolute Gasteiger partial charge is 0.398 e. The number of nitrogens with zero attached hydrogens (tertiary/aromatic N) is 2. The molecule has 1 aliphatic rings. The predicted molar refractivity (Wildman–Crippen MR) is 290 cm³/mol. The van der Waals surface area contributed by atoms with Crippen molar-refractivity contribution >= 4 is 60.9 Å². The summed E-state index contributed by atoms with van der Waals surface area (Å²) in [5.41, 5.74) is 19.9. The van der Waals surface area contributed by atoms with Gasteiger partial charge in [-0.2, -0.15) is 39.5 Å². The molecule has 19 heteroatoms. The van der Waals surface area contributed by atoms with Gasteiger partial charge in [0.2, 0.25) is 0 Å². The van der Waals surface area contributed by atoms with Gasteiger partial charge in [-0.25, -0.2) is 4.98 Å². The molecule has 2 heterocycles. The maximum atomic E-state index is 13.5. The molecule has 7 nitrogen and oxygen atoms in total. The Balaban J connectivity index is 0.00000142. The minimum atomic E-state index is -4.57. The van der Waals surface area contributed by atoms with E-state index in [2.05, 4.69) is 37.0 Å². The van der Waals surface area contributed by atoms with Crippen LogP contribution in [0, 0.1) is 22.7 Å². The molecule has 4 aromatic carbocycles. The number of aromatic nitrogens is 2. The first-order valence-corrected chi connectivity index (χ1v) is 25.7. The highest BCUT2D eigenvalue weighted by atomic mass is 32.2. The van der Waals surface area contributed by atoms with Gasteiger partial charge in [0.25, 0.3) is 0 Å². The van der Waals surface area contributed by atoms with Crippen molar-refractivity contribution in [3.8, 4) is 22.5 Å². The second kappa shape index (κ2) is 25.0. The summed E-state index contributed by atoms with van der Waals surface area (Å²) in [6.07, 6.45) is -6.11. The van der Waals surface area contributed by atoms with E-state index < -0.39 is 46.0 Å². The molecule has 1 saturated carbocycles. The summed E-state index contributed by atoms with van der Waals surface area (Å²) < 4.78 is 121. The molecule has 0 bridgehead atoms. The summed E-state index contributed by atoms with van der Waals surface area (Å²) in [5.74, 6) is 2.06. The number of nitrogens with two attached hydrogens (primary N) is 3. The van der Waals surface area contributed by atoms with Gasteiger partial charge in [0, 0.05) is 38.6 Å². The molecular weight excluding hydrogens is 1040 g/mol. The normalized spacial score (nSPS) is 15.8. The van der Waals surface area contributed by atoms with Gasteiger partial charge in [-0.05, 0) is 113 Å². The zero-order chi connectivity index (χ0) is 54.8. The number of rotatable bonds is 15. The number of alkyl halides is 9. The molecule has 4 atom stereocenters. The maximum absolute atomic E-state index is 13.5. The van der Waals surface area contributed by atoms with Gasteiger partial charge in [0.1, 0.15) is 0 Å². The fraction of sp³-hybridized carbons (Fsp3) is 0.214. The van der Waals surface area contributed by atoms with E-state index in [1.807, 2.05) is 0 Å². The van der Waals surface area contributed by atoms with E-state index in [-0.39, 0.29) is 56.0 Å². The third-order valence-electron chi connectivity index (χ3n) is 12.0. The molecule has 6 aromatic rings. The lowest BCUT2D eigenvalue weighted by Gasteiger charge is -2.29. The molecule has 8 N–H and O–H groups in total. The average molecular weight is 1090 g/mol. The molecule has 4 unspecified atom stereocenters. The zero-order valence-corrected chi connectivity index (χ0v) is 42.9. The molecular formula is C56H52F9N7S3. The van der Waals surface area contributed by atoms with Crippen molar-refractivity contribution < 1.29 is 39.5 Å². The van der Waals surface area contributed by atoms with Crippen LogP contribution in [0.5, 0.6) is 0 Å². The van der Waals surface area contributed by atoms with Crippen LogP contribution in [-0.2, 0) is 18.5 Å². The van der Waals surface area contributed by atoms with E-state index in [4.69, 9.17) is 28.0 Å². The Labute approximate surface area is 442 Å². The molecule has 0 spiro atoms. The largest absolute Gasteiger partial charge is 0.416 e. The Bertz CT molecular complexity index is 3100. The molecule has 75 heavy (non-hydrogen) atoms. The number of pyridine rings is 2. The molecule has 392 valence electrons. The topological polar surface area (TPSA) is 152 Å². The Morgan fingerprint density at radius 1 is 0.627 bits per heavy atom. The van der Waals surface area contributed by atoms with E-state index in [0.717, 1.165) is 83.5 Å². The highest BCUT2D eigenvalue weighted by Crippen LogP contribution is 2.41. The fourth-order valence-electron chi connectivity index (χ4n) is 7.28. The van der Waals surface area contributed by atoms with Crippen molar-refractivity contribution in [2.24, 2.45) is 29.0 Å². The molecule has 0 radical (unpaired) electrons. The summed E-state index contributed by atoms with van der Waals surface area (Å²) >= 11 is 3.03. The molecule has 1 aliphatic carbocycles. The van der Waals surface area contributed by atoms with E-state index in [1.54, 1.807) is 60.7 Å². The van der Waals surface area contributed by atoms with Gasteiger partial charge >= 0.3 is 18.5 Å². The minimum absolute atomic E-state index is 0.0377. The first-order valence-electron chi connectivity index (χ1n) is 23.1. The lowest BCUT2D eigenvalue weighted by atomic mass is 9.77. The fourth-order valence-corrected chi connectivity index (χ4v) is 9.56. The quantitative estimate of drug-likeness (QED) is 0.0224. The molecule has 0 aliphatic heterocycles. The van der Waals surface area contributed by atoms with Gasteiger partial charge in [0.15, 0.2) is 0 Å². The first kappa shape index (κ1) is 57.9. The van der Waals surface area contributed by atoms with Crippen LogP contribution in [0.1, 0.15) is 94.2 Å². The summed E-state index contributed by atoms with van der Waals surface area (Å²) in [6, 6.07) is 28.7. The van der Waals surface area contributed by atoms with Gasteiger partial charge in [0.05, 0.1) is 60.3 Å². The highest BCUT2D eigenvalue weighted by Gasteiger charge is 2.32. The van der Waals surface area contributed by atoms with Crippen LogP contribution in [0.3, 0.4) is 0 Å². The zero-order valence-electron chi connectivity index (χ0n) is 40.5. The van der Waals surface area contributed by atoms with E-state index in [9.17, 15) is 39.5 Å². The number of hydrogen-bond acceptors (Lipinski definition) is 10. The van der Waals surface area contributed by atoms with Gasteiger partial charge < -0.3 is 17.2 Å². The number of allylic oxidation sites excluding steroid dienone is 3. The van der Waals surface area contributed by atoms with Crippen LogP contribution in [0.4, 0.5) is 39.5 Å². The van der Waals surface area contributed by atoms with Crippen LogP contribution < -0.4 is 17.2 Å². The second-order valence-corrected chi connectivity index (χ2v) is 21.1. The number of benzene rings is 4. The van der Waals surface area contributed by atoms with Crippen LogP contribution >= 0.6 is 35.3 Å². The predicted octanol–water partition coefficient (Wildman–Crippen LogP) is 16.6. The molecule has 7 rings (SSSR count). The first-order chi connectivity index (χ1) is 35.3. The van der Waals surface area contributed by atoms with Crippen molar-refractivity contribution in [2.75, 3.05) is 0 Å². The Morgan fingerprint density at radius 2 is 1.15 bits per heavy atom. The van der Waals surface area contributed by atoms with Crippen molar-refractivity contribution in [1.82, 2.24) is 9.97 Å². The van der Waals surface area contributed by atoms with Crippen molar-refractivity contribution in [2.45, 2.75) is 62.4 Å². The Kier molecular flexibility index (Phi) is 19.3. The molecule has 2 aromatic heterocycles. The van der Waals surface area contributed by atoms with Crippen molar-refractivity contribution in [3.63, 3.8) is 0 Å². The summed E-state index contributed by atoms with van der Waals surface area (Å²) in [7, 11) is 0. The highest BCUT2D eigenvalue weighted by molar-refractivity contribution is 8.16. The standard InChI is InChI=1S/C50H40F9N7S3.C6H12/c1-28(67-29(2)40-17-8-18-41(65-40)31-11-6-14-37(26-31)49(54,55)56)33-22-34(45(62)68-44(61)21-4-3-16-39(60)30-10-5-13-36(25-30)48(51,52)53)24-35(23-33)46(63)69-47(64)43-20-9-19-42(66-43)32-12-7-15-38(27-32)50(57,58)59;1-5-3-4-6(5)2/h3-20,22-27,45,47,61,63H,1-2,21,60,62,64H2;5-6H,3-4H2,1-2H3/b4-3-,39-16-,61-44?,63-46?;. The Hall–Kier alpha value is -6.38. The number of nitrogens with one attached hydrogen (secondary N) is 2. The summed E-state index contributed by atoms with van der Waals surface area (Å²) in [6.45, 7) is 13.0. The number of thioether (sulfide) groups is 3. The van der Waals surface area contributed by atoms with Gasteiger partial charge in [-0.1, -0.05) is 136 Å². The van der Waals surface area contributed by atoms with Crippen LogP contribution in [0.25, 0.3) is 38.0 Å². The third kappa shape index (κ3) is 16.3. The Morgan fingerprint density at radius 3 is 1.71 bits per heavy atom. The van der Waals surface area contributed by atoms with E-state index in [0.29, 0.717) is 32.2 Å². The van der Waals surface area contributed by atoms with Crippen LogP contribution in [-0.4, -0.2) is 20.1 Å². The lowest BCUT2D eigenvalue weighted by Crippen LogP contribution is -2.18. The third-order valence-corrected chi connectivity index (χ3v) is 14.9. The number of hydrogen-bond donors (Lipinski definition) is 5. The van der Waals surface area contributed by atoms with Gasteiger partial charge in [-0.3, -0.25) is 15.8 Å². The molecule has 0 saturated heterocycles. The second-order valence-electron chi connectivity index (χ2n) is 17.5. The lowest BCUT2D eigenvalue weighted by molar-refractivity contribution is -0.138. The average Bonchev–Trinajstić information content (AvgIpc) is 3.38. The van der Waals surface area contributed by atoms with E-state index >= 15 is 0 Å². The maximum Gasteiger partial charge on any atom is 0.416 e. The molecule has 1 fully saturated rings. The van der Waals surface area contributed by atoms with Crippen LogP contribution in [0.2, 0.25) is 0 Å². The van der Waals surface area contributed by atoms with Crippen molar-refractivity contribution in [1.29, 1.82) is 10.8 Å². The van der Waals surface area contributed by atoms with Crippen LogP contribution in [0.15, 0.2) is 159 Å². The monoisotopic (exact) mass is 1090 g/mol. The van der Waals surface area contributed by atoms with Crippen molar-refractivity contribution in [3.05, 3.63) is 209 Å². The summed E-state index contributed by atoms with van der Waals surface area (Å²) in [5, 5.41) is 16.0. The summed E-state index contributed by atoms with van der Waals surface area (Å²) in [4.78, 5) is 9.90. The van der Waals surface area contributed by atoms with E-state index in [1.165, 1.54) is 61.4 Å².